The molecule has 1 aliphatic carbocycles. The van der Waals surface area contributed by atoms with E-state index in [1.165, 1.54) is 24.8 Å². The van der Waals surface area contributed by atoms with Crippen LogP contribution in [0.25, 0.3) is 0 Å². The summed E-state index contributed by atoms with van der Waals surface area (Å²) in [7, 11) is 1.67. The van der Waals surface area contributed by atoms with Crippen LogP contribution in [-0.2, 0) is 4.79 Å². The highest BCUT2D eigenvalue weighted by Crippen LogP contribution is 2.29. The summed E-state index contributed by atoms with van der Waals surface area (Å²) < 4.78 is 5.26. The van der Waals surface area contributed by atoms with Crippen LogP contribution in [0.15, 0.2) is 54.6 Å². The number of nitrogens with one attached hydrogen (secondary N) is 1. The third-order valence-electron chi connectivity index (χ3n) is 5.08. The van der Waals surface area contributed by atoms with Gasteiger partial charge in [-0.2, -0.15) is 0 Å². The molecule has 25 heavy (non-hydrogen) atoms. The van der Waals surface area contributed by atoms with Gasteiger partial charge in [-0.25, -0.2) is 0 Å². The lowest BCUT2D eigenvalue weighted by Crippen LogP contribution is -2.36. The third kappa shape index (κ3) is 4.85. The summed E-state index contributed by atoms with van der Waals surface area (Å²) in [5.41, 5.74) is 2.32. The molecule has 1 amide bonds. The fourth-order valence-electron chi connectivity index (χ4n) is 3.67. The van der Waals surface area contributed by atoms with E-state index >= 15 is 0 Å². The molecule has 132 valence electrons. The molecule has 3 rings (SSSR count). The predicted octanol–water partition coefficient (Wildman–Crippen LogP) is 4.67. The highest BCUT2D eigenvalue weighted by Gasteiger charge is 2.21. The number of ether oxygens (including phenoxy) is 1. The first-order valence-electron chi connectivity index (χ1n) is 9.24. The zero-order chi connectivity index (χ0) is 17.5. The Hall–Kier alpha value is -2.29. The number of carbonyl (C=O) groups excluding carboxylic acids is 1. The van der Waals surface area contributed by atoms with Crippen molar-refractivity contribution in [2.75, 3.05) is 7.11 Å². The second kappa shape index (κ2) is 8.70. The van der Waals surface area contributed by atoms with Crippen LogP contribution in [0.1, 0.15) is 55.6 Å². The Morgan fingerprint density at radius 3 is 2.28 bits per heavy atom. The Morgan fingerprint density at radius 1 is 1.00 bits per heavy atom. The Balaban J connectivity index is 1.75. The fraction of sp³-hybridized carbons (Fsp3) is 0.409. The lowest BCUT2D eigenvalue weighted by Gasteiger charge is -2.24. The summed E-state index contributed by atoms with van der Waals surface area (Å²) in [5.74, 6) is 1.05. The molecule has 2 aromatic rings. The molecule has 1 fully saturated rings. The van der Waals surface area contributed by atoms with Crippen molar-refractivity contribution in [1.29, 1.82) is 0 Å². The van der Waals surface area contributed by atoms with E-state index in [9.17, 15) is 4.79 Å². The number of hydrogen-bond donors (Lipinski definition) is 1. The molecule has 0 saturated heterocycles. The minimum atomic E-state index is 0.0655. The van der Waals surface area contributed by atoms with Crippen LogP contribution in [0.4, 0.5) is 0 Å². The SMILES string of the molecule is COc1ccc([C@@H](CC(=O)NC2CCCCC2)c2ccccc2)cc1. The molecule has 2 aromatic carbocycles. The maximum atomic E-state index is 12.7. The van der Waals surface area contributed by atoms with Crippen LogP contribution < -0.4 is 10.1 Å². The molecule has 0 aromatic heterocycles. The zero-order valence-electron chi connectivity index (χ0n) is 14.9. The highest BCUT2D eigenvalue weighted by molar-refractivity contribution is 5.78. The van der Waals surface area contributed by atoms with Crippen molar-refractivity contribution in [2.45, 2.75) is 50.5 Å². The number of carbonyl (C=O) groups is 1. The molecule has 1 atom stereocenters. The first-order valence-corrected chi connectivity index (χ1v) is 9.24. The monoisotopic (exact) mass is 337 g/mol. The Labute approximate surface area is 150 Å². The highest BCUT2D eigenvalue weighted by atomic mass is 16.5. The van der Waals surface area contributed by atoms with Crippen LogP contribution in [0, 0.1) is 0 Å². The molecular weight excluding hydrogens is 310 g/mol. The number of rotatable bonds is 6. The van der Waals surface area contributed by atoms with Crippen molar-refractivity contribution in [3.05, 3.63) is 65.7 Å². The van der Waals surface area contributed by atoms with Crippen molar-refractivity contribution in [3.8, 4) is 5.75 Å². The summed E-state index contributed by atoms with van der Waals surface area (Å²) >= 11 is 0. The van der Waals surface area contributed by atoms with E-state index in [2.05, 4.69) is 29.6 Å². The molecule has 3 nitrogen and oxygen atoms in total. The van der Waals surface area contributed by atoms with E-state index in [1.807, 2.05) is 30.3 Å². The van der Waals surface area contributed by atoms with Gasteiger partial charge in [-0.05, 0) is 36.1 Å². The minimum Gasteiger partial charge on any atom is -0.497 e. The van der Waals surface area contributed by atoms with Crippen LogP contribution in [0.5, 0.6) is 5.75 Å². The van der Waals surface area contributed by atoms with Crippen molar-refractivity contribution >= 4 is 5.91 Å². The quantitative estimate of drug-likeness (QED) is 0.832. The fourth-order valence-corrected chi connectivity index (χ4v) is 3.67. The van der Waals surface area contributed by atoms with E-state index in [0.29, 0.717) is 12.5 Å². The summed E-state index contributed by atoms with van der Waals surface area (Å²) in [6.45, 7) is 0. The smallest absolute Gasteiger partial charge is 0.221 e. The Bertz CT molecular complexity index is 660. The molecule has 1 N–H and O–H groups in total. The number of hydrogen-bond acceptors (Lipinski definition) is 2. The molecule has 0 spiro atoms. The van der Waals surface area contributed by atoms with Gasteiger partial charge in [0.2, 0.25) is 5.91 Å². The van der Waals surface area contributed by atoms with E-state index in [4.69, 9.17) is 4.74 Å². The van der Waals surface area contributed by atoms with E-state index in [1.54, 1.807) is 7.11 Å². The second-order valence-electron chi connectivity index (χ2n) is 6.84. The van der Waals surface area contributed by atoms with Crippen molar-refractivity contribution in [1.82, 2.24) is 5.32 Å². The van der Waals surface area contributed by atoms with Gasteiger partial charge in [0.1, 0.15) is 5.75 Å². The molecule has 3 heteroatoms. The molecule has 0 heterocycles. The topological polar surface area (TPSA) is 38.3 Å². The van der Waals surface area contributed by atoms with Gasteiger partial charge in [0, 0.05) is 18.4 Å². The molecule has 0 unspecified atom stereocenters. The minimum absolute atomic E-state index is 0.0655. The van der Waals surface area contributed by atoms with Crippen molar-refractivity contribution in [2.24, 2.45) is 0 Å². The van der Waals surface area contributed by atoms with Crippen LogP contribution in [-0.4, -0.2) is 19.1 Å². The molecule has 1 saturated carbocycles. The van der Waals surface area contributed by atoms with Crippen LogP contribution in [0.2, 0.25) is 0 Å². The second-order valence-corrected chi connectivity index (χ2v) is 6.84. The van der Waals surface area contributed by atoms with E-state index in [-0.39, 0.29) is 11.8 Å². The molecule has 0 aliphatic heterocycles. The Morgan fingerprint density at radius 2 is 1.64 bits per heavy atom. The lowest BCUT2D eigenvalue weighted by molar-refractivity contribution is -0.122. The largest absolute Gasteiger partial charge is 0.497 e. The normalized spacial score (nSPS) is 16.2. The maximum absolute atomic E-state index is 12.7. The van der Waals surface area contributed by atoms with E-state index < -0.39 is 0 Å². The van der Waals surface area contributed by atoms with Gasteiger partial charge < -0.3 is 10.1 Å². The summed E-state index contributed by atoms with van der Waals surface area (Å²) in [4.78, 5) is 12.7. The Kier molecular flexibility index (Phi) is 6.10. The average molecular weight is 337 g/mol. The number of methoxy groups -OCH3 is 1. The van der Waals surface area contributed by atoms with Gasteiger partial charge in [0.25, 0.3) is 0 Å². The van der Waals surface area contributed by atoms with Gasteiger partial charge in [0.15, 0.2) is 0 Å². The maximum Gasteiger partial charge on any atom is 0.221 e. The van der Waals surface area contributed by atoms with Gasteiger partial charge in [-0.1, -0.05) is 61.7 Å². The lowest BCUT2D eigenvalue weighted by atomic mass is 9.88. The van der Waals surface area contributed by atoms with Crippen LogP contribution >= 0.6 is 0 Å². The van der Waals surface area contributed by atoms with Gasteiger partial charge >= 0.3 is 0 Å². The average Bonchev–Trinajstić information content (AvgIpc) is 2.68. The summed E-state index contributed by atoms with van der Waals surface area (Å²) in [5, 5.41) is 3.25. The first kappa shape index (κ1) is 17.5. The molecule has 0 bridgehead atoms. The summed E-state index contributed by atoms with van der Waals surface area (Å²) in [6, 6.07) is 18.7. The molecule has 0 radical (unpaired) electrons. The van der Waals surface area contributed by atoms with Gasteiger partial charge in [0.05, 0.1) is 7.11 Å². The summed E-state index contributed by atoms with van der Waals surface area (Å²) in [6.07, 6.45) is 6.46. The number of amides is 1. The van der Waals surface area contributed by atoms with Gasteiger partial charge in [-0.15, -0.1) is 0 Å². The van der Waals surface area contributed by atoms with Crippen molar-refractivity contribution in [3.63, 3.8) is 0 Å². The predicted molar refractivity (Wildman–Crippen MR) is 101 cm³/mol. The molecular formula is C22H27NO2. The van der Waals surface area contributed by atoms with Crippen LogP contribution in [0.3, 0.4) is 0 Å². The third-order valence-corrected chi connectivity index (χ3v) is 5.08. The molecule has 1 aliphatic rings. The van der Waals surface area contributed by atoms with E-state index in [0.717, 1.165) is 24.2 Å². The standard InChI is InChI=1S/C22H27NO2/c1-25-20-14-12-18(13-15-20)21(17-8-4-2-5-9-17)16-22(24)23-19-10-6-3-7-11-19/h2,4-5,8-9,12-15,19,21H,3,6-7,10-11,16H2,1H3,(H,23,24)/t21-/m0/s1. The zero-order valence-corrected chi connectivity index (χ0v) is 14.9. The van der Waals surface area contributed by atoms with Crippen molar-refractivity contribution < 1.29 is 9.53 Å². The van der Waals surface area contributed by atoms with Gasteiger partial charge in [-0.3, -0.25) is 4.79 Å². The first-order chi connectivity index (χ1) is 12.3. The number of benzene rings is 2.